The molecule has 0 radical (unpaired) electrons. The van der Waals surface area contributed by atoms with Crippen LogP contribution in [0.25, 0.3) is 0 Å². The standard InChI is InChI=1S/C84H120N12O12/c1-7-13-19-25-31-37-43-91-49-61-73(97)67(55-91)85-80(104)62-50-92(44-38-32-26-20-14-8-2)57-69(74(62)98)87-82(106)64-52-94(46-40-34-28-22-16-10-4)59-71(76(64)100)89-84(108)66-54-96(48-42-36-30-24-18-12-6)60-72(78(66)102)90-83(107)65-53-95(47-41-35-29-23-17-11-5)58-70(77(65)101)88-81(105)63-51-93(45-39-33-27-21-15-9-3)56-68(75(63)99)86-79(61)103/h49-60H,7-48H2,1-6H3,(H,85,104)(H,86,103)(H,87,106)(H,88,105)(H,89,108)(H,90,107). The molecule has 0 saturated heterocycles. The predicted octanol–water partition coefficient (Wildman–Crippen LogP) is 16.6. The van der Waals surface area contributed by atoms with E-state index >= 15 is 0 Å². The summed E-state index contributed by atoms with van der Waals surface area (Å²) in [6, 6.07) is 0. The van der Waals surface area contributed by atoms with Crippen LogP contribution in [0.2, 0.25) is 0 Å². The summed E-state index contributed by atoms with van der Waals surface area (Å²) in [6.07, 6.45) is 48.6. The van der Waals surface area contributed by atoms with E-state index in [9.17, 15) is 57.5 Å². The summed E-state index contributed by atoms with van der Waals surface area (Å²) in [5.74, 6) is -6.39. The van der Waals surface area contributed by atoms with E-state index in [1.165, 1.54) is 74.4 Å². The van der Waals surface area contributed by atoms with Gasteiger partial charge in [0.2, 0.25) is 32.6 Å². The molecule has 1 aliphatic rings. The van der Waals surface area contributed by atoms with Crippen LogP contribution in [0.5, 0.6) is 0 Å². The highest BCUT2D eigenvalue weighted by Crippen LogP contribution is 2.21. The van der Waals surface area contributed by atoms with Gasteiger partial charge in [-0.25, -0.2) is 0 Å². The van der Waals surface area contributed by atoms with Gasteiger partial charge in [-0.2, -0.15) is 0 Å². The van der Waals surface area contributed by atoms with Crippen molar-refractivity contribution in [3.63, 3.8) is 0 Å². The number of carbonyl (C=O) groups is 6. The largest absolute Gasteiger partial charge is 0.351 e. The molecule has 7 heterocycles. The van der Waals surface area contributed by atoms with Gasteiger partial charge >= 0.3 is 0 Å². The van der Waals surface area contributed by atoms with Crippen LogP contribution in [0.3, 0.4) is 0 Å². The highest BCUT2D eigenvalue weighted by Gasteiger charge is 2.28. The maximum Gasteiger partial charge on any atom is 0.261 e. The summed E-state index contributed by atoms with van der Waals surface area (Å²) in [5.41, 5.74) is -11.2. The van der Waals surface area contributed by atoms with E-state index in [2.05, 4.69) is 73.4 Å². The molecule has 12 bridgehead atoms. The van der Waals surface area contributed by atoms with Gasteiger partial charge in [0.05, 0.1) is 0 Å². The van der Waals surface area contributed by atoms with Gasteiger partial charge in [-0.3, -0.25) is 57.5 Å². The lowest BCUT2D eigenvalue weighted by Crippen LogP contribution is -2.34. The average molecular weight is 1490 g/mol. The number of nitrogens with zero attached hydrogens (tertiary/aromatic N) is 6. The fraction of sp³-hybridized carbons (Fsp3) is 0.571. The molecular weight excluding hydrogens is 1370 g/mol. The van der Waals surface area contributed by atoms with E-state index in [-0.39, 0.29) is 39.3 Å². The number of aromatic nitrogens is 6. The van der Waals surface area contributed by atoms with E-state index < -0.39 is 136 Å². The van der Waals surface area contributed by atoms with Crippen molar-refractivity contribution in [1.82, 2.24) is 27.4 Å². The number of aryl methyl sites for hydroxylation is 6. The second kappa shape index (κ2) is 46.0. The lowest BCUT2D eigenvalue weighted by molar-refractivity contribution is 0.101. The third-order valence-electron chi connectivity index (χ3n) is 20.1. The van der Waals surface area contributed by atoms with Gasteiger partial charge in [0.25, 0.3) is 35.4 Å². The molecule has 0 aromatic carbocycles. The molecule has 24 nitrogen and oxygen atoms in total. The Balaban J connectivity index is 1.45. The number of hydrogen-bond donors (Lipinski definition) is 6. The number of anilines is 6. The van der Waals surface area contributed by atoms with Crippen molar-refractivity contribution < 1.29 is 28.8 Å². The van der Waals surface area contributed by atoms with Gasteiger partial charge < -0.3 is 59.3 Å². The minimum Gasteiger partial charge on any atom is -0.351 e. The molecule has 0 saturated carbocycles. The molecule has 0 atom stereocenters. The Bertz CT molecular complexity index is 3660. The van der Waals surface area contributed by atoms with Gasteiger partial charge in [-0.15, -0.1) is 0 Å². The molecule has 6 N–H and O–H groups in total. The first kappa shape index (κ1) is 85.8. The van der Waals surface area contributed by atoms with Crippen LogP contribution < -0.4 is 64.5 Å². The van der Waals surface area contributed by atoms with Gasteiger partial charge in [-0.05, 0) is 38.5 Å². The van der Waals surface area contributed by atoms with Gasteiger partial charge in [0.1, 0.15) is 67.5 Å². The highest BCUT2D eigenvalue weighted by molar-refractivity contribution is 6.11. The molecule has 0 spiro atoms. The predicted molar refractivity (Wildman–Crippen MR) is 432 cm³/mol. The van der Waals surface area contributed by atoms with Crippen molar-refractivity contribution in [3.8, 4) is 0 Å². The Labute approximate surface area is 635 Å². The third kappa shape index (κ3) is 26.4. The first-order valence-electron chi connectivity index (χ1n) is 40.7. The minimum atomic E-state index is -1.06. The number of amides is 6. The monoisotopic (exact) mass is 1490 g/mol. The number of carbonyl (C=O) groups excluding carboxylic acids is 6. The summed E-state index contributed by atoms with van der Waals surface area (Å²) < 4.78 is 9.48. The van der Waals surface area contributed by atoms with Crippen molar-refractivity contribution in [2.75, 3.05) is 31.9 Å². The number of rotatable bonds is 42. The Morgan fingerprint density at radius 1 is 0.176 bits per heavy atom. The van der Waals surface area contributed by atoms with Crippen LogP contribution in [-0.2, 0) is 39.3 Å². The number of pyridine rings is 6. The molecule has 24 heteroatoms. The average Bonchev–Trinajstić information content (AvgIpc) is 0.793. The quantitative estimate of drug-likeness (QED) is 0.0195. The molecule has 0 unspecified atom stereocenters. The number of nitrogens with one attached hydrogen (secondary N) is 6. The second-order valence-electron chi connectivity index (χ2n) is 29.2. The van der Waals surface area contributed by atoms with Crippen molar-refractivity contribution >= 4 is 69.6 Å². The van der Waals surface area contributed by atoms with Crippen molar-refractivity contribution in [2.45, 2.75) is 312 Å². The molecule has 6 amide bonds. The van der Waals surface area contributed by atoms with Gasteiger partial charge in [0, 0.05) is 114 Å². The maximum absolute atomic E-state index is 15.0. The lowest BCUT2D eigenvalue weighted by Gasteiger charge is -2.17. The van der Waals surface area contributed by atoms with Crippen LogP contribution in [0.15, 0.2) is 103 Å². The molecule has 6 aromatic heterocycles. The van der Waals surface area contributed by atoms with E-state index in [0.717, 1.165) is 193 Å². The maximum atomic E-state index is 15.0. The Morgan fingerprint density at radius 2 is 0.296 bits per heavy atom. The fourth-order valence-corrected chi connectivity index (χ4v) is 13.7. The molecule has 0 aliphatic carbocycles. The third-order valence-corrected chi connectivity index (χ3v) is 20.1. The van der Waals surface area contributed by atoms with Crippen LogP contribution in [0, 0.1) is 0 Å². The zero-order valence-electron chi connectivity index (χ0n) is 65.2. The van der Waals surface area contributed by atoms with Crippen molar-refractivity contribution in [1.29, 1.82) is 0 Å². The van der Waals surface area contributed by atoms with Gasteiger partial charge in [0.15, 0.2) is 0 Å². The molecular formula is C84H120N12O12. The summed E-state index contributed by atoms with van der Waals surface area (Å²) in [7, 11) is 0. The first-order chi connectivity index (χ1) is 52.3. The number of unbranched alkanes of at least 4 members (excludes halogenated alkanes) is 30. The molecule has 588 valence electrons. The molecule has 0 fully saturated rings. The molecule has 7 rings (SSSR count). The summed E-state index contributed by atoms with van der Waals surface area (Å²) >= 11 is 0. The summed E-state index contributed by atoms with van der Waals surface area (Å²) in [4.78, 5) is 179. The first-order valence-corrected chi connectivity index (χ1v) is 40.7. The van der Waals surface area contributed by atoms with Gasteiger partial charge in [-0.1, -0.05) is 234 Å². The topological polar surface area (TPSA) is 307 Å². The van der Waals surface area contributed by atoms with E-state index in [0.29, 0.717) is 38.5 Å². The Kier molecular flexibility index (Phi) is 36.5. The van der Waals surface area contributed by atoms with E-state index in [1.54, 1.807) is 27.4 Å². The van der Waals surface area contributed by atoms with Crippen LogP contribution >= 0.6 is 0 Å². The smallest absolute Gasteiger partial charge is 0.261 e. The highest BCUT2D eigenvalue weighted by atomic mass is 16.2. The number of hydrogen-bond acceptors (Lipinski definition) is 12. The zero-order valence-corrected chi connectivity index (χ0v) is 65.2. The second-order valence-corrected chi connectivity index (χ2v) is 29.2. The van der Waals surface area contributed by atoms with Crippen molar-refractivity contribution in [3.05, 3.63) is 169 Å². The Hall–Kier alpha value is -9.48. The van der Waals surface area contributed by atoms with Crippen LogP contribution in [-0.4, -0.2) is 62.8 Å². The summed E-state index contributed by atoms with van der Waals surface area (Å²) in [6.45, 7) is 14.4. The zero-order chi connectivity index (χ0) is 77.7. The minimum absolute atomic E-state index is 0.281. The lowest BCUT2D eigenvalue weighted by atomic mass is 10.1. The van der Waals surface area contributed by atoms with E-state index in [4.69, 9.17) is 0 Å². The fourth-order valence-electron chi connectivity index (χ4n) is 13.7. The van der Waals surface area contributed by atoms with Crippen LogP contribution in [0.4, 0.5) is 34.1 Å². The summed E-state index contributed by atoms with van der Waals surface area (Å²) in [5, 5.41) is 15.7. The molecule has 108 heavy (non-hydrogen) atoms. The molecule has 1 aliphatic heterocycles. The number of fused-ring (bicyclic) bond motifs is 12. The van der Waals surface area contributed by atoms with E-state index in [1.807, 2.05) is 0 Å². The normalized spacial score (nSPS) is 12.8. The molecule has 6 aromatic rings. The Morgan fingerprint density at radius 3 is 0.426 bits per heavy atom. The SMILES string of the molecule is CCCCCCCCn1cc2c(=O)c(c1)C(=O)Nc1cn(CCCCCCCC)cc(c1=O)C(=O)Nc1cn(CCCCCCCC)cc(c1=O)C(=O)Nc1cn(CCCCCCCC)cc(c1=O)C(=O)Nc1cn(CCCCCCCC)cc(c1=O)C(=O)Nc1cn(CCCCCCCC)cc(c1=O)C(=O)N2. The van der Waals surface area contributed by atoms with Crippen molar-refractivity contribution in [2.24, 2.45) is 0 Å². The van der Waals surface area contributed by atoms with Crippen LogP contribution in [0.1, 0.15) is 335 Å².